The summed E-state index contributed by atoms with van der Waals surface area (Å²) >= 11 is 0. The highest BCUT2D eigenvalue weighted by molar-refractivity contribution is 5.95. The molecular weight excluding hydrogens is 679 g/mol. The van der Waals surface area contributed by atoms with Gasteiger partial charge >= 0.3 is 0 Å². The van der Waals surface area contributed by atoms with Gasteiger partial charge in [-0.05, 0) is 167 Å². The summed E-state index contributed by atoms with van der Waals surface area (Å²) in [5.74, 6) is 2.36. The van der Waals surface area contributed by atoms with Gasteiger partial charge in [0.25, 0.3) is 0 Å². The van der Waals surface area contributed by atoms with E-state index in [9.17, 15) is 15.0 Å². The van der Waals surface area contributed by atoms with Crippen LogP contribution in [0.3, 0.4) is 0 Å². The quantitative estimate of drug-likeness (QED) is 0.308. The number of carbonyl (C=O) groups is 1. The Labute approximate surface area is 334 Å². The van der Waals surface area contributed by atoms with E-state index in [2.05, 4.69) is 114 Å². The molecule has 1 aromatic carbocycles. The van der Waals surface area contributed by atoms with Gasteiger partial charge in [-0.3, -0.25) is 4.79 Å². The minimum atomic E-state index is -1.75. The maximum atomic E-state index is 12.5. The number of ether oxygens (including phenoxy) is 1. The Balaban J connectivity index is 1.33. The summed E-state index contributed by atoms with van der Waals surface area (Å²) in [5.41, 5.74) is 7.73. The second-order valence-corrected chi connectivity index (χ2v) is 24.1. The molecule has 306 valence electrons. The molecule has 4 aliphatic carbocycles. The fourth-order valence-corrected chi connectivity index (χ4v) is 16.6. The predicted octanol–water partition coefficient (Wildman–Crippen LogP) is 11.3. The summed E-state index contributed by atoms with van der Waals surface area (Å²) < 4.78 is 9.89. The highest BCUT2D eigenvalue weighted by Crippen LogP contribution is 2.75. The molecule has 5 nitrogen and oxygen atoms in total. The predicted molar refractivity (Wildman–Crippen MR) is 225 cm³/mol. The zero-order chi connectivity index (χ0) is 40.8. The van der Waals surface area contributed by atoms with Crippen LogP contribution >= 0.6 is 0 Å². The first-order valence-corrected chi connectivity index (χ1v) is 22.4. The van der Waals surface area contributed by atoms with Crippen LogP contribution in [0.2, 0.25) is 0 Å². The zero-order valence-corrected chi connectivity index (χ0v) is 37.9. The van der Waals surface area contributed by atoms with Crippen molar-refractivity contribution in [3.05, 3.63) is 34.0 Å². The van der Waals surface area contributed by atoms with Gasteiger partial charge in [0.2, 0.25) is 0 Å². The lowest BCUT2D eigenvalue weighted by Gasteiger charge is -2.68. The molecule has 0 bridgehead atoms. The molecule has 3 fully saturated rings. The lowest BCUT2D eigenvalue weighted by molar-refractivity contribution is -0.193. The minimum absolute atomic E-state index is 0.000841. The molecule has 2 saturated carbocycles. The SMILES string of the molecule is CC(=O)C(C)(O)C(O)C(C)CC1(C)C2CCC3Cc4c(n5c6c(c7c(cc46)C4CC(C)(C)OC(C)(C)C4C7C)C(C)(C)C5C(C)C)C3(C)C2(C)CCC1(C)C. The first-order chi connectivity index (χ1) is 25.0. The molecule has 0 amide bonds. The Hall–Kier alpha value is -1.69. The van der Waals surface area contributed by atoms with E-state index in [1.807, 2.05) is 0 Å². The normalized spacial score (nSPS) is 40.9. The van der Waals surface area contributed by atoms with E-state index < -0.39 is 11.7 Å². The summed E-state index contributed by atoms with van der Waals surface area (Å²) in [6.07, 6.45) is 6.66. The van der Waals surface area contributed by atoms with Crippen LogP contribution in [0.5, 0.6) is 0 Å². The maximum absolute atomic E-state index is 12.5. The van der Waals surface area contributed by atoms with Crippen LogP contribution in [-0.4, -0.2) is 43.5 Å². The van der Waals surface area contributed by atoms with E-state index >= 15 is 0 Å². The lowest BCUT2D eigenvalue weighted by Crippen LogP contribution is -2.64. The van der Waals surface area contributed by atoms with Gasteiger partial charge in [0.1, 0.15) is 5.60 Å². The molecular formula is C50H77NO4. The number of aliphatic hydroxyl groups is 2. The third-order valence-electron chi connectivity index (χ3n) is 19.3. The molecule has 2 N–H and O–H groups in total. The van der Waals surface area contributed by atoms with Gasteiger partial charge < -0.3 is 19.5 Å². The van der Waals surface area contributed by atoms with Crippen molar-refractivity contribution in [3.63, 3.8) is 0 Å². The van der Waals surface area contributed by atoms with E-state index in [-0.39, 0.29) is 50.0 Å². The van der Waals surface area contributed by atoms with E-state index in [1.165, 1.54) is 39.5 Å². The number of nitrogens with zero attached hydrogens (tertiary/aromatic N) is 1. The number of hydrogen-bond donors (Lipinski definition) is 2. The highest BCUT2D eigenvalue weighted by atomic mass is 16.5. The standard InChI is InChI=1S/C50H77NO4/c1-26(2)40-45(10,11)38-36-28(4)37-34(25-44(8,9)55-46(37,12)13)31(36)23-32-33-22-30-18-19-35-47(14,49(30,16)41(33)51(40)39(32)38)21-20-43(6,7)48(35,15)24-27(3)42(53)50(17,54)29(5)52/h23,26-28,30,34-35,37,40,42,53-54H,18-22,24-25H2,1-17H3. The third-order valence-corrected chi connectivity index (χ3v) is 19.3. The molecule has 2 aromatic rings. The molecule has 1 aromatic heterocycles. The van der Waals surface area contributed by atoms with Gasteiger partial charge in [0.15, 0.2) is 5.78 Å². The van der Waals surface area contributed by atoms with E-state index in [4.69, 9.17) is 4.74 Å². The van der Waals surface area contributed by atoms with Gasteiger partial charge in [-0.1, -0.05) is 76.2 Å². The zero-order valence-electron chi connectivity index (χ0n) is 37.9. The lowest BCUT2D eigenvalue weighted by atomic mass is 9.36. The van der Waals surface area contributed by atoms with Crippen LogP contribution in [0.4, 0.5) is 0 Å². The van der Waals surface area contributed by atoms with Crippen LogP contribution < -0.4 is 0 Å². The highest BCUT2D eigenvalue weighted by Gasteiger charge is 2.70. The van der Waals surface area contributed by atoms with Crippen LogP contribution in [-0.2, 0) is 26.8 Å². The second kappa shape index (κ2) is 11.5. The van der Waals surface area contributed by atoms with Crippen LogP contribution in [0.1, 0.15) is 202 Å². The number of hydrogen-bond acceptors (Lipinski definition) is 4. The molecule has 2 aliphatic heterocycles. The summed E-state index contributed by atoms with van der Waals surface area (Å²) in [6.45, 7) is 39.8. The molecule has 0 radical (unpaired) electrons. The molecule has 1 saturated heterocycles. The molecule has 8 rings (SSSR count). The number of rotatable bonds is 6. The van der Waals surface area contributed by atoms with E-state index in [1.54, 1.807) is 38.9 Å². The Morgan fingerprint density at radius 3 is 2.24 bits per heavy atom. The molecule has 6 aliphatic rings. The first kappa shape index (κ1) is 40.1. The van der Waals surface area contributed by atoms with Crippen molar-refractivity contribution in [2.24, 2.45) is 45.8 Å². The van der Waals surface area contributed by atoms with Crippen molar-refractivity contribution in [2.45, 2.75) is 214 Å². The van der Waals surface area contributed by atoms with Crippen molar-refractivity contribution in [3.8, 4) is 0 Å². The van der Waals surface area contributed by atoms with Crippen molar-refractivity contribution in [1.29, 1.82) is 0 Å². The van der Waals surface area contributed by atoms with E-state index in [0.29, 0.717) is 41.5 Å². The maximum Gasteiger partial charge on any atom is 0.163 e. The average Bonchev–Trinajstić information content (AvgIpc) is 3.69. The summed E-state index contributed by atoms with van der Waals surface area (Å²) in [6, 6.07) is 3.12. The number of aliphatic hydroxyl groups excluding tert-OH is 1. The number of benzene rings is 1. The van der Waals surface area contributed by atoms with Crippen molar-refractivity contribution < 1.29 is 19.7 Å². The fourth-order valence-electron chi connectivity index (χ4n) is 16.6. The number of carbonyl (C=O) groups excluding carboxylic acids is 1. The number of Topliss-reactive ketones (excluding diaryl/α,β-unsaturated/α-hetero) is 1. The topological polar surface area (TPSA) is 71.7 Å². The van der Waals surface area contributed by atoms with Crippen molar-refractivity contribution in [2.75, 3.05) is 0 Å². The number of aromatic nitrogens is 1. The van der Waals surface area contributed by atoms with Gasteiger partial charge in [0, 0.05) is 33.9 Å². The van der Waals surface area contributed by atoms with Crippen molar-refractivity contribution >= 4 is 16.7 Å². The molecule has 3 heterocycles. The van der Waals surface area contributed by atoms with Crippen LogP contribution in [0.15, 0.2) is 6.07 Å². The Morgan fingerprint density at radius 2 is 1.64 bits per heavy atom. The van der Waals surface area contributed by atoms with Gasteiger partial charge in [-0.2, -0.15) is 0 Å². The molecule has 5 heteroatoms. The largest absolute Gasteiger partial charge is 0.389 e. The molecule has 12 unspecified atom stereocenters. The summed E-state index contributed by atoms with van der Waals surface area (Å²) in [4.78, 5) is 12.5. The van der Waals surface area contributed by atoms with E-state index in [0.717, 1.165) is 19.3 Å². The summed E-state index contributed by atoms with van der Waals surface area (Å²) in [7, 11) is 0. The summed E-state index contributed by atoms with van der Waals surface area (Å²) in [5, 5.41) is 24.3. The van der Waals surface area contributed by atoms with Crippen LogP contribution in [0.25, 0.3) is 10.9 Å². The first-order valence-electron chi connectivity index (χ1n) is 22.4. The third kappa shape index (κ3) is 4.79. The molecule has 0 spiro atoms. The average molecular weight is 756 g/mol. The number of fused-ring (bicyclic) bond motifs is 11. The Kier molecular flexibility index (Phi) is 8.40. The smallest absolute Gasteiger partial charge is 0.163 e. The second-order valence-electron chi connectivity index (χ2n) is 24.1. The van der Waals surface area contributed by atoms with Crippen molar-refractivity contribution in [1.82, 2.24) is 4.57 Å². The molecule has 12 atom stereocenters. The minimum Gasteiger partial charge on any atom is -0.389 e. The van der Waals surface area contributed by atoms with Gasteiger partial charge in [-0.25, -0.2) is 0 Å². The number of ketones is 1. The fraction of sp³-hybridized carbons (Fsp3) is 0.820. The Bertz CT molecular complexity index is 1960. The Morgan fingerprint density at radius 1 is 1.00 bits per heavy atom. The van der Waals surface area contributed by atoms with Gasteiger partial charge in [-0.15, -0.1) is 0 Å². The van der Waals surface area contributed by atoms with Crippen LogP contribution in [0, 0.1) is 45.8 Å². The van der Waals surface area contributed by atoms with Gasteiger partial charge in [0.05, 0.1) is 22.8 Å². The monoisotopic (exact) mass is 756 g/mol. The molecule has 55 heavy (non-hydrogen) atoms.